The third kappa shape index (κ3) is 4.66. The third-order valence-corrected chi connectivity index (χ3v) is 5.69. The summed E-state index contributed by atoms with van der Waals surface area (Å²) in [6.45, 7) is 1.76. The predicted octanol–water partition coefficient (Wildman–Crippen LogP) is 2.36. The maximum absolute atomic E-state index is 14.0. The van der Waals surface area contributed by atoms with Crippen molar-refractivity contribution in [3.8, 4) is 23.0 Å². The largest absolute Gasteiger partial charge is 0.396 e. The van der Waals surface area contributed by atoms with E-state index >= 15 is 0 Å². The minimum atomic E-state index is -0.639. The van der Waals surface area contributed by atoms with Crippen LogP contribution in [0.1, 0.15) is 40.4 Å². The van der Waals surface area contributed by atoms with Gasteiger partial charge in [0.05, 0.1) is 40.9 Å². The van der Waals surface area contributed by atoms with Crippen molar-refractivity contribution in [1.29, 1.82) is 0 Å². The van der Waals surface area contributed by atoms with E-state index in [-0.39, 0.29) is 16.9 Å². The van der Waals surface area contributed by atoms with Crippen LogP contribution in [0.15, 0.2) is 78.2 Å². The minimum absolute atomic E-state index is 0.0496. The van der Waals surface area contributed by atoms with Crippen molar-refractivity contribution in [2.75, 3.05) is 5.73 Å². The van der Waals surface area contributed by atoms with Gasteiger partial charge in [-0.3, -0.25) is 18.7 Å². The Kier molecular flexibility index (Phi) is 6.18. The number of nitrogens with one attached hydrogen (secondary N) is 1. The summed E-state index contributed by atoms with van der Waals surface area (Å²) in [4.78, 5) is 39.5. The summed E-state index contributed by atoms with van der Waals surface area (Å²) < 4.78 is 3.14. The highest BCUT2D eigenvalue weighted by molar-refractivity contribution is 5.97. The maximum Gasteiger partial charge on any atom is 0.272 e. The van der Waals surface area contributed by atoms with Gasteiger partial charge in [0.25, 0.3) is 11.5 Å². The molecule has 1 amide bonds. The molecule has 0 aliphatic carbocycles. The van der Waals surface area contributed by atoms with Crippen LogP contribution in [0, 0.1) is 11.8 Å². The lowest BCUT2D eigenvalue weighted by molar-refractivity contribution is 0.0935. The fourth-order valence-corrected chi connectivity index (χ4v) is 3.97. The van der Waals surface area contributed by atoms with E-state index in [2.05, 4.69) is 32.2 Å². The van der Waals surface area contributed by atoms with Crippen molar-refractivity contribution >= 4 is 17.2 Å². The number of nitrogens with zero attached hydrogens (tertiary/aromatic N) is 6. The number of benzene rings is 1. The van der Waals surface area contributed by atoms with Gasteiger partial charge in [-0.25, -0.2) is 15.0 Å². The van der Waals surface area contributed by atoms with Crippen LogP contribution in [0.4, 0.5) is 5.69 Å². The average Bonchev–Trinajstić information content (AvgIpc) is 3.32. The normalized spacial score (nSPS) is 11.5. The number of carbonyl (C=O) groups is 1. The molecule has 4 aromatic heterocycles. The molecule has 182 valence electrons. The average molecular weight is 491 g/mol. The Morgan fingerprint density at radius 3 is 2.62 bits per heavy atom. The highest BCUT2D eigenvalue weighted by Crippen LogP contribution is 2.25. The Balaban J connectivity index is 1.65. The van der Waals surface area contributed by atoms with Crippen LogP contribution in [0.25, 0.3) is 16.8 Å². The molecule has 0 saturated heterocycles. The van der Waals surface area contributed by atoms with Crippen LogP contribution in [0.3, 0.4) is 0 Å². The molecule has 5 rings (SSSR count). The number of aryl methyl sites for hydroxylation is 1. The molecule has 0 bridgehead atoms. The zero-order valence-electron chi connectivity index (χ0n) is 20.1. The lowest BCUT2D eigenvalue weighted by Crippen LogP contribution is -2.31. The van der Waals surface area contributed by atoms with E-state index in [9.17, 15) is 9.59 Å². The molecule has 0 aliphatic heterocycles. The number of nitrogen functional groups attached to an aromatic ring is 1. The lowest BCUT2D eigenvalue weighted by Gasteiger charge is -2.18. The van der Waals surface area contributed by atoms with Gasteiger partial charge in [0, 0.05) is 13.2 Å². The topological polar surface area (TPSA) is 133 Å². The Labute approximate surface area is 211 Å². The number of fused-ring (bicyclic) bond motifs is 1. The first-order valence-corrected chi connectivity index (χ1v) is 11.4. The molecule has 5 aromatic rings. The van der Waals surface area contributed by atoms with E-state index in [1.807, 2.05) is 37.4 Å². The summed E-state index contributed by atoms with van der Waals surface area (Å²) in [5, 5.41) is 6.99. The second-order valence-electron chi connectivity index (χ2n) is 8.32. The van der Waals surface area contributed by atoms with Crippen LogP contribution in [0.5, 0.6) is 0 Å². The van der Waals surface area contributed by atoms with Gasteiger partial charge in [-0.2, -0.15) is 5.10 Å². The van der Waals surface area contributed by atoms with Gasteiger partial charge in [-0.15, -0.1) is 0 Å². The van der Waals surface area contributed by atoms with Gasteiger partial charge in [0.1, 0.15) is 17.7 Å². The van der Waals surface area contributed by atoms with Gasteiger partial charge in [-0.05, 0) is 30.5 Å². The van der Waals surface area contributed by atoms with Crippen LogP contribution >= 0.6 is 0 Å². The number of hydrogen-bond donors (Lipinski definition) is 2. The summed E-state index contributed by atoms with van der Waals surface area (Å²) in [7, 11) is 1.81. The Bertz CT molecular complexity index is 1750. The molecule has 0 spiro atoms. The number of carbonyl (C=O) groups excluding carboxylic acids is 1. The first-order valence-electron chi connectivity index (χ1n) is 11.4. The summed E-state index contributed by atoms with van der Waals surface area (Å²) in [5.74, 6) is 5.62. The number of hydrogen-bond acceptors (Lipinski definition) is 7. The summed E-state index contributed by atoms with van der Waals surface area (Å²) in [6, 6.07) is 13.8. The standard InChI is InChI=1S/C27H22N8O2/c1-17(32-26(36)25-21(28)14-29-16-30-25)24-23(19-7-4-3-5-8-19)27(37)35-20(9-6-10-22(35)33-24)12-11-18-13-31-34(2)15-18/h3-10,13-17H,28H2,1-2H3,(H,32,36)/t17-/m1/s1. The summed E-state index contributed by atoms with van der Waals surface area (Å²) in [6.07, 6.45) is 6.06. The molecule has 1 aromatic carbocycles. The second-order valence-corrected chi connectivity index (χ2v) is 8.32. The van der Waals surface area contributed by atoms with E-state index in [0.717, 1.165) is 5.56 Å². The van der Waals surface area contributed by atoms with Crippen molar-refractivity contribution in [1.82, 2.24) is 34.4 Å². The van der Waals surface area contributed by atoms with E-state index in [4.69, 9.17) is 10.7 Å². The van der Waals surface area contributed by atoms with Crippen molar-refractivity contribution in [2.24, 2.45) is 7.05 Å². The summed E-state index contributed by atoms with van der Waals surface area (Å²) in [5.41, 5.74) is 8.82. The van der Waals surface area contributed by atoms with Crippen LogP contribution < -0.4 is 16.6 Å². The Morgan fingerprint density at radius 1 is 1.08 bits per heavy atom. The molecule has 0 fully saturated rings. The van der Waals surface area contributed by atoms with E-state index < -0.39 is 11.9 Å². The van der Waals surface area contributed by atoms with Gasteiger partial charge in [0.2, 0.25) is 0 Å². The zero-order valence-corrected chi connectivity index (χ0v) is 20.1. The highest BCUT2D eigenvalue weighted by Gasteiger charge is 2.23. The monoisotopic (exact) mass is 490 g/mol. The molecular weight excluding hydrogens is 468 g/mol. The molecule has 3 N–H and O–H groups in total. The maximum atomic E-state index is 14.0. The number of anilines is 1. The first kappa shape index (κ1) is 23.4. The first-order chi connectivity index (χ1) is 17.9. The molecule has 0 radical (unpaired) electrons. The van der Waals surface area contributed by atoms with Crippen LogP contribution in [-0.2, 0) is 7.05 Å². The smallest absolute Gasteiger partial charge is 0.272 e. The number of aromatic nitrogens is 6. The molecule has 10 nitrogen and oxygen atoms in total. The van der Waals surface area contributed by atoms with E-state index in [0.29, 0.717) is 28.2 Å². The number of pyridine rings is 1. The Morgan fingerprint density at radius 2 is 1.89 bits per heavy atom. The molecule has 1 atom stereocenters. The molecular formula is C27H22N8O2. The van der Waals surface area contributed by atoms with Crippen molar-refractivity contribution < 1.29 is 4.79 Å². The highest BCUT2D eigenvalue weighted by atomic mass is 16.2. The second kappa shape index (κ2) is 9.75. The summed E-state index contributed by atoms with van der Waals surface area (Å²) >= 11 is 0. The fourth-order valence-electron chi connectivity index (χ4n) is 3.97. The van der Waals surface area contributed by atoms with Crippen molar-refractivity contribution in [2.45, 2.75) is 13.0 Å². The predicted molar refractivity (Wildman–Crippen MR) is 138 cm³/mol. The van der Waals surface area contributed by atoms with E-state index in [1.165, 1.54) is 16.9 Å². The van der Waals surface area contributed by atoms with Crippen molar-refractivity contribution in [3.63, 3.8) is 0 Å². The van der Waals surface area contributed by atoms with Crippen LogP contribution in [0.2, 0.25) is 0 Å². The molecule has 0 saturated carbocycles. The number of rotatable bonds is 4. The molecule has 0 unspecified atom stereocenters. The molecule has 10 heteroatoms. The third-order valence-electron chi connectivity index (χ3n) is 5.69. The lowest BCUT2D eigenvalue weighted by atomic mass is 10.0. The van der Waals surface area contributed by atoms with E-state index in [1.54, 1.807) is 42.2 Å². The van der Waals surface area contributed by atoms with Crippen molar-refractivity contribution in [3.05, 3.63) is 106 Å². The van der Waals surface area contributed by atoms with Gasteiger partial charge in [-0.1, -0.05) is 42.3 Å². The molecule has 4 heterocycles. The zero-order chi connectivity index (χ0) is 25.9. The fraction of sp³-hybridized carbons (Fsp3) is 0.111. The molecule has 0 aliphatic rings. The van der Waals surface area contributed by atoms with Gasteiger partial charge < -0.3 is 11.1 Å². The van der Waals surface area contributed by atoms with Gasteiger partial charge >= 0.3 is 0 Å². The molecule has 37 heavy (non-hydrogen) atoms. The SMILES string of the molecule is C[C@@H](NC(=O)c1ncncc1N)c1nc2cccc(C#Cc3cnn(C)c3)n2c(=O)c1-c1ccccc1. The minimum Gasteiger partial charge on any atom is -0.396 e. The quantitative estimate of drug-likeness (QED) is 0.370. The van der Waals surface area contributed by atoms with Crippen LogP contribution in [-0.4, -0.2) is 35.0 Å². The Hall–Kier alpha value is -5.30. The number of amides is 1. The van der Waals surface area contributed by atoms with Gasteiger partial charge in [0.15, 0.2) is 5.69 Å². The number of nitrogens with two attached hydrogens (primary N) is 1.